The van der Waals surface area contributed by atoms with Crippen LogP contribution in [0, 0.1) is 6.92 Å². The van der Waals surface area contributed by atoms with Crippen molar-refractivity contribution in [1.29, 1.82) is 0 Å². The predicted molar refractivity (Wildman–Crippen MR) is 120 cm³/mol. The third kappa shape index (κ3) is 6.06. The Morgan fingerprint density at radius 1 is 1.27 bits per heavy atom. The van der Waals surface area contributed by atoms with Crippen LogP contribution in [0.15, 0.2) is 41.9 Å². The van der Waals surface area contributed by atoms with E-state index in [9.17, 15) is 0 Å². The third-order valence-electron chi connectivity index (χ3n) is 5.49. The molecule has 0 spiro atoms. The van der Waals surface area contributed by atoms with E-state index in [-0.39, 0.29) is 0 Å². The zero-order valence-corrected chi connectivity index (χ0v) is 18.3. The highest BCUT2D eigenvalue weighted by Crippen LogP contribution is 2.13. The minimum atomic E-state index is 0.398. The number of methoxy groups -OCH3 is 1. The average Bonchev–Trinajstić information content (AvgIpc) is 3.09. The van der Waals surface area contributed by atoms with E-state index < -0.39 is 0 Å². The molecule has 1 aromatic heterocycles. The standard InChI is InChI=1S/C22H33N7O/c1-5-12-29-13-10-19(11-14-29)25-22(24-16-21-27-26-17(2)28(21)3)23-15-18-6-8-20(30-4)9-7-18/h5-9,19H,1,10-16H2,2-4H3,(H2,23,24,25). The van der Waals surface area contributed by atoms with Crippen LogP contribution in [0.4, 0.5) is 0 Å². The van der Waals surface area contributed by atoms with Crippen LogP contribution in [0.25, 0.3) is 0 Å². The number of rotatable bonds is 8. The number of likely N-dealkylation sites (tertiary alicyclic amines) is 1. The van der Waals surface area contributed by atoms with Gasteiger partial charge in [0, 0.05) is 32.7 Å². The highest BCUT2D eigenvalue weighted by atomic mass is 16.5. The lowest BCUT2D eigenvalue weighted by molar-refractivity contribution is 0.225. The van der Waals surface area contributed by atoms with Crippen LogP contribution in [0.2, 0.25) is 0 Å². The number of aryl methyl sites for hydroxylation is 1. The van der Waals surface area contributed by atoms with Crippen molar-refractivity contribution in [3.8, 4) is 5.75 Å². The van der Waals surface area contributed by atoms with Gasteiger partial charge in [0.2, 0.25) is 0 Å². The molecule has 0 aliphatic carbocycles. The third-order valence-corrected chi connectivity index (χ3v) is 5.49. The molecule has 2 aromatic rings. The van der Waals surface area contributed by atoms with E-state index in [2.05, 4.69) is 32.3 Å². The van der Waals surface area contributed by atoms with E-state index in [0.717, 1.165) is 61.4 Å². The molecular formula is C22H33N7O. The monoisotopic (exact) mass is 411 g/mol. The number of aliphatic imine (C=N–C) groups is 1. The molecule has 0 bridgehead atoms. The van der Waals surface area contributed by atoms with Crippen LogP contribution in [-0.2, 0) is 20.1 Å². The molecule has 8 heteroatoms. The van der Waals surface area contributed by atoms with E-state index in [0.29, 0.717) is 19.1 Å². The Morgan fingerprint density at radius 2 is 2.00 bits per heavy atom. The van der Waals surface area contributed by atoms with E-state index in [4.69, 9.17) is 9.73 Å². The Hall–Kier alpha value is -2.87. The van der Waals surface area contributed by atoms with Gasteiger partial charge in [0.05, 0.1) is 20.2 Å². The first-order chi connectivity index (χ1) is 14.6. The largest absolute Gasteiger partial charge is 0.497 e. The Balaban J connectivity index is 1.64. The first-order valence-electron chi connectivity index (χ1n) is 10.4. The highest BCUT2D eigenvalue weighted by Gasteiger charge is 2.19. The molecular weight excluding hydrogens is 378 g/mol. The van der Waals surface area contributed by atoms with Gasteiger partial charge >= 0.3 is 0 Å². The normalized spacial score (nSPS) is 15.8. The summed E-state index contributed by atoms with van der Waals surface area (Å²) in [5.41, 5.74) is 1.13. The summed E-state index contributed by atoms with van der Waals surface area (Å²) in [6.45, 7) is 10.0. The van der Waals surface area contributed by atoms with Gasteiger partial charge in [-0.1, -0.05) is 18.2 Å². The van der Waals surface area contributed by atoms with Crippen molar-refractivity contribution >= 4 is 5.96 Å². The summed E-state index contributed by atoms with van der Waals surface area (Å²) >= 11 is 0. The van der Waals surface area contributed by atoms with E-state index >= 15 is 0 Å². The fraction of sp³-hybridized carbons (Fsp3) is 0.500. The predicted octanol–water partition coefficient (Wildman–Crippen LogP) is 2.02. The molecule has 0 atom stereocenters. The quantitative estimate of drug-likeness (QED) is 0.393. The summed E-state index contributed by atoms with van der Waals surface area (Å²) in [4.78, 5) is 7.24. The highest BCUT2D eigenvalue weighted by molar-refractivity contribution is 5.80. The number of piperidine rings is 1. The van der Waals surface area contributed by atoms with Crippen LogP contribution in [0.1, 0.15) is 30.1 Å². The van der Waals surface area contributed by atoms with E-state index in [1.807, 2.05) is 48.9 Å². The van der Waals surface area contributed by atoms with Crippen molar-refractivity contribution < 1.29 is 4.74 Å². The number of hydrogen-bond acceptors (Lipinski definition) is 5. The summed E-state index contributed by atoms with van der Waals surface area (Å²) in [6.07, 6.45) is 4.14. The van der Waals surface area contributed by atoms with Crippen molar-refractivity contribution in [2.45, 2.75) is 38.9 Å². The lowest BCUT2D eigenvalue weighted by Gasteiger charge is -2.32. The molecule has 0 radical (unpaired) electrons. The summed E-state index contributed by atoms with van der Waals surface area (Å²) < 4.78 is 7.22. The fourth-order valence-electron chi connectivity index (χ4n) is 3.46. The molecule has 1 saturated heterocycles. The van der Waals surface area contributed by atoms with Gasteiger partial charge in [0.15, 0.2) is 11.8 Å². The lowest BCUT2D eigenvalue weighted by Crippen LogP contribution is -2.48. The van der Waals surface area contributed by atoms with Gasteiger partial charge in [-0.25, -0.2) is 4.99 Å². The molecule has 1 aliphatic rings. The van der Waals surface area contributed by atoms with Gasteiger partial charge in [-0.05, 0) is 37.5 Å². The molecule has 30 heavy (non-hydrogen) atoms. The number of hydrogen-bond donors (Lipinski definition) is 2. The van der Waals surface area contributed by atoms with Crippen molar-refractivity contribution in [2.75, 3.05) is 26.7 Å². The first-order valence-corrected chi connectivity index (χ1v) is 10.4. The van der Waals surface area contributed by atoms with Gasteiger partial charge in [0.25, 0.3) is 0 Å². The molecule has 0 unspecified atom stereocenters. The molecule has 8 nitrogen and oxygen atoms in total. The maximum atomic E-state index is 5.24. The average molecular weight is 412 g/mol. The van der Waals surface area contributed by atoms with Crippen molar-refractivity contribution in [3.05, 3.63) is 54.1 Å². The summed E-state index contributed by atoms with van der Waals surface area (Å²) in [5, 5.41) is 15.4. The smallest absolute Gasteiger partial charge is 0.192 e. The molecule has 1 aliphatic heterocycles. The number of nitrogens with zero attached hydrogens (tertiary/aromatic N) is 5. The van der Waals surface area contributed by atoms with Gasteiger partial charge < -0.3 is 19.9 Å². The van der Waals surface area contributed by atoms with Gasteiger partial charge in [-0.2, -0.15) is 0 Å². The fourth-order valence-corrected chi connectivity index (χ4v) is 3.46. The molecule has 0 saturated carbocycles. The molecule has 0 amide bonds. The lowest BCUT2D eigenvalue weighted by atomic mass is 10.1. The maximum absolute atomic E-state index is 5.24. The molecule has 162 valence electrons. The van der Waals surface area contributed by atoms with Crippen molar-refractivity contribution in [3.63, 3.8) is 0 Å². The zero-order valence-electron chi connectivity index (χ0n) is 18.3. The first kappa shape index (κ1) is 21.8. The summed E-state index contributed by atoms with van der Waals surface area (Å²) in [7, 11) is 3.65. The minimum absolute atomic E-state index is 0.398. The number of guanidine groups is 1. The SMILES string of the molecule is C=CCN1CCC(NC(=NCc2ccc(OC)cc2)NCc2nnc(C)n2C)CC1. The Labute approximate surface area is 179 Å². The van der Waals surface area contributed by atoms with Crippen LogP contribution in [-0.4, -0.2) is 58.4 Å². The topological polar surface area (TPSA) is 79.6 Å². The summed E-state index contributed by atoms with van der Waals surface area (Å²) in [6, 6.07) is 8.40. The maximum Gasteiger partial charge on any atom is 0.192 e. The van der Waals surface area contributed by atoms with Gasteiger partial charge in [-0.15, -0.1) is 16.8 Å². The van der Waals surface area contributed by atoms with Crippen molar-refractivity contribution in [2.24, 2.45) is 12.0 Å². The Morgan fingerprint density at radius 3 is 2.60 bits per heavy atom. The second-order valence-electron chi connectivity index (χ2n) is 7.60. The number of aromatic nitrogens is 3. The molecule has 2 N–H and O–H groups in total. The number of benzene rings is 1. The Kier molecular flexibility index (Phi) is 7.84. The van der Waals surface area contributed by atoms with E-state index in [1.54, 1.807) is 7.11 Å². The van der Waals surface area contributed by atoms with E-state index in [1.165, 1.54) is 0 Å². The minimum Gasteiger partial charge on any atom is -0.497 e. The van der Waals surface area contributed by atoms with Crippen LogP contribution < -0.4 is 15.4 Å². The zero-order chi connectivity index (χ0) is 21.3. The molecule has 1 fully saturated rings. The molecule has 2 heterocycles. The van der Waals surface area contributed by atoms with Crippen LogP contribution in [0.3, 0.4) is 0 Å². The van der Waals surface area contributed by atoms with Gasteiger partial charge in [0.1, 0.15) is 11.6 Å². The van der Waals surface area contributed by atoms with Crippen molar-refractivity contribution in [1.82, 2.24) is 30.3 Å². The number of ether oxygens (including phenoxy) is 1. The number of nitrogens with one attached hydrogen (secondary N) is 2. The van der Waals surface area contributed by atoms with Crippen LogP contribution in [0.5, 0.6) is 5.75 Å². The second kappa shape index (κ2) is 10.8. The second-order valence-corrected chi connectivity index (χ2v) is 7.60. The molecule has 3 rings (SSSR count). The molecule has 1 aromatic carbocycles. The van der Waals surface area contributed by atoms with Gasteiger partial charge in [-0.3, -0.25) is 4.90 Å². The Bertz CT molecular complexity index is 836. The summed E-state index contributed by atoms with van der Waals surface area (Å²) in [5.74, 6) is 3.43. The van der Waals surface area contributed by atoms with Crippen LogP contribution >= 0.6 is 0 Å².